The second-order valence-electron chi connectivity index (χ2n) is 5.96. The summed E-state index contributed by atoms with van der Waals surface area (Å²) in [7, 11) is 1.96. The fourth-order valence-electron chi connectivity index (χ4n) is 3.43. The second kappa shape index (κ2) is 5.11. The number of ether oxygens (including phenoxy) is 1. The summed E-state index contributed by atoms with van der Waals surface area (Å²) in [5.41, 5.74) is 8.90. The summed E-state index contributed by atoms with van der Waals surface area (Å²) in [4.78, 5) is 0. The molecule has 2 aliphatic rings. The molecule has 2 fully saturated rings. The molecule has 2 aliphatic heterocycles. The molecule has 3 unspecified atom stereocenters. The van der Waals surface area contributed by atoms with Crippen LogP contribution in [0.1, 0.15) is 36.6 Å². The molecule has 3 rings (SSSR count). The minimum Gasteiger partial charge on any atom is -0.374 e. The molecule has 0 aromatic carbocycles. The standard InChI is InChI=1S/C14H23N3OS/c1-10-12(8-17(2)16-10)13(15)11-3-5-18-14(7-11)4-6-19-9-14/h8,11,13H,3-7,9,15H2,1-2H3. The van der Waals surface area contributed by atoms with Gasteiger partial charge < -0.3 is 10.5 Å². The summed E-state index contributed by atoms with van der Waals surface area (Å²) >= 11 is 2.01. The topological polar surface area (TPSA) is 53.1 Å². The van der Waals surface area contributed by atoms with Crippen LogP contribution in [0.4, 0.5) is 0 Å². The van der Waals surface area contributed by atoms with Crippen LogP contribution in [0.5, 0.6) is 0 Å². The normalized spacial score (nSPS) is 32.9. The van der Waals surface area contributed by atoms with E-state index in [2.05, 4.69) is 18.2 Å². The molecule has 2 N–H and O–H groups in total. The Kier molecular flexibility index (Phi) is 3.62. The van der Waals surface area contributed by atoms with Gasteiger partial charge in [0.25, 0.3) is 0 Å². The Morgan fingerprint density at radius 1 is 1.63 bits per heavy atom. The molecule has 106 valence electrons. The van der Waals surface area contributed by atoms with Gasteiger partial charge in [0.2, 0.25) is 0 Å². The lowest BCUT2D eigenvalue weighted by Crippen LogP contribution is -2.42. The van der Waals surface area contributed by atoms with Crippen molar-refractivity contribution < 1.29 is 4.74 Å². The summed E-state index contributed by atoms with van der Waals surface area (Å²) in [6, 6.07) is 0.0973. The van der Waals surface area contributed by atoms with Gasteiger partial charge in [0.05, 0.1) is 11.3 Å². The van der Waals surface area contributed by atoms with Crippen molar-refractivity contribution in [2.75, 3.05) is 18.1 Å². The fourth-order valence-corrected chi connectivity index (χ4v) is 4.81. The minimum atomic E-state index is 0.0973. The molecular formula is C14H23N3OS. The average Bonchev–Trinajstić information content (AvgIpc) is 2.96. The maximum Gasteiger partial charge on any atom is 0.0783 e. The largest absolute Gasteiger partial charge is 0.374 e. The van der Waals surface area contributed by atoms with Crippen LogP contribution in [0.25, 0.3) is 0 Å². The molecule has 3 heterocycles. The quantitative estimate of drug-likeness (QED) is 0.901. The third-order valence-corrected chi connectivity index (χ3v) is 5.74. The predicted octanol–water partition coefficient (Wildman–Crippen LogP) is 2.03. The molecule has 3 atom stereocenters. The Morgan fingerprint density at radius 2 is 2.47 bits per heavy atom. The average molecular weight is 281 g/mol. The van der Waals surface area contributed by atoms with Gasteiger partial charge in [-0.05, 0) is 37.9 Å². The third-order valence-electron chi connectivity index (χ3n) is 4.52. The van der Waals surface area contributed by atoms with E-state index in [-0.39, 0.29) is 11.6 Å². The van der Waals surface area contributed by atoms with E-state index in [1.54, 1.807) is 0 Å². The molecule has 0 radical (unpaired) electrons. The monoisotopic (exact) mass is 281 g/mol. The molecule has 5 heteroatoms. The van der Waals surface area contributed by atoms with Crippen molar-refractivity contribution in [3.63, 3.8) is 0 Å². The zero-order chi connectivity index (χ0) is 13.5. The van der Waals surface area contributed by atoms with Crippen molar-refractivity contribution in [2.24, 2.45) is 18.7 Å². The van der Waals surface area contributed by atoms with E-state index in [0.29, 0.717) is 5.92 Å². The third kappa shape index (κ3) is 2.56. The van der Waals surface area contributed by atoms with Gasteiger partial charge in [-0.1, -0.05) is 0 Å². The van der Waals surface area contributed by atoms with E-state index >= 15 is 0 Å². The van der Waals surface area contributed by atoms with Gasteiger partial charge in [0.1, 0.15) is 0 Å². The molecule has 1 aromatic heterocycles. The highest BCUT2D eigenvalue weighted by Crippen LogP contribution is 2.43. The number of hydrogen-bond acceptors (Lipinski definition) is 4. The molecule has 4 nitrogen and oxygen atoms in total. The molecule has 2 saturated heterocycles. The van der Waals surface area contributed by atoms with Gasteiger partial charge >= 0.3 is 0 Å². The van der Waals surface area contributed by atoms with Crippen LogP contribution < -0.4 is 5.73 Å². The lowest BCUT2D eigenvalue weighted by atomic mass is 9.79. The van der Waals surface area contributed by atoms with Crippen LogP contribution in [-0.4, -0.2) is 33.5 Å². The van der Waals surface area contributed by atoms with Crippen LogP contribution in [0, 0.1) is 12.8 Å². The van der Waals surface area contributed by atoms with E-state index in [1.165, 1.54) is 17.7 Å². The summed E-state index contributed by atoms with van der Waals surface area (Å²) < 4.78 is 7.95. The van der Waals surface area contributed by atoms with Crippen molar-refractivity contribution in [1.82, 2.24) is 9.78 Å². The smallest absolute Gasteiger partial charge is 0.0783 e. The summed E-state index contributed by atoms with van der Waals surface area (Å²) in [5, 5.41) is 4.42. The van der Waals surface area contributed by atoms with Crippen molar-refractivity contribution in [3.8, 4) is 0 Å². The lowest BCUT2D eigenvalue weighted by Gasteiger charge is -2.40. The van der Waals surface area contributed by atoms with E-state index in [1.807, 2.05) is 23.5 Å². The highest BCUT2D eigenvalue weighted by Gasteiger charge is 2.42. The van der Waals surface area contributed by atoms with Gasteiger partial charge in [-0.15, -0.1) is 0 Å². The van der Waals surface area contributed by atoms with Gasteiger partial charge in [0, 0.05) is 37.2 Å². The number of aromatic nitrogens is 2. The number of thioether (sulfide) groups is 1. The first-order valence-electron chi connectivity index (χ1n) is 7.07. The molecule has 1 aromatic rings. The van der Waals surface area contributed by atoms with Gasteiger partial charge in [-0.25, -0.2) is 0 Å². The zero-order valence-electron chi connectivity index (χ0n) is 11.8. The SMILES string of the molecule is Cc1nn(C)cc1C(N)C1CCOC2(CCSC2)C1. The van der Waals surface area contributed by atoms with Gasteiger partial charge in [-0.3, -0.25) is 4.68 Å². The van der Waals surface area contributed by atoms with Crippen molar-refractivity contribution in [2.45, 2.75) is 37.8 Å². The molecule has 1 spiro atoms. The Balaban J connectivity index is 1.76. The number of nitrogens with two attached hydrogens (primary N) is 1. The van der Waals surface area contributed by atoms with Crippen molar-refractivity contribution in [3.05, 3.63) is 17.5 Å². The fraction of sp³-hybridized carbons (Fsp3) is 0.786. The van der Waals surface area contributed by atoms with Gasteiger partial charge in [0.15, 0.2) is 0 Å². The Morgan fingerprint density at radius 3 is 3.11 bits per heavy atom. The highest BCUT2D eigenvalue weighted by atomic mass is 32.2. The number of nitrogens with zero attached hydrogens (tertiary/aromatic N) is 2. The lowest BCUT2D eigenvalue weighted by molar-refractivity contribution is -0.0834. The second-order valence-corrected chi connectivity index (χ2v) is 7.06. The maximum absolute atomic E-state index is 6.52. The predicted molar refractivity (Wildman–Crippen MR) is 78.2 cm³/mol. The zero-order valence-corrected chi connectivity index (χ0v) is 12.6. The molecular weight excluding hydrogens is 258 g/mol. The minimum absolute atomic E-state index is 0.0973. The van der Waals surface area contributed by atoms with E-state index < -0.39 is 0 Å². The Labute approximate surface area is 119 Å². The maximum atomic E-state index is 6.52. The van der Waals surface area contributed by atoms with Crippen LogP contribution in [0.15, 0.2) is 6.20 Å². The highest BCUT2D eigenvalue weighted by molar-refractivity contribution is 7.99. The first-order chi connectivity index (χ1) is 9.10. The molecule has 0 amide bonds. The summed E-state index contributed by atoms with van der Waals surface area (Å²) in [5.74, 6) is 2.89. The van der Waals surface area contributed by atoms with E-state index in [9.17, 15) is 0 Å². The van der Waals surface area contributed by atoms with Crippen LogP contribution in [0.3, 0.4) is 0 Å². The van der Waals surface area contributed by atoms with Gasteiger partial charge in [-0.2, -0.15) is 16.9 Å². The molecule has 19 heavy (non-hydrogen) atoms. The Hall–Kier alpha value is -0.520. The number of rotatable bonds is 2. The molecule has 0 aliphatic carbocycles. The Bertz CT molecular complexity index is 454. The van der Waals surface area contributed by atoms with E-state index in [4.69, 9.17) is 10.5 Å². The molecule has 0 saturated carbocycles. The first kappa shape index (κ1) is 13.5. The number of hydrogen-bond donors (Lipinski definition) is 1. The van der Waals surface area contributed by atoms with Crippen molar-refractivity contribution in [1.29, 1.82) is 0 Å². The summed E-state index contributed by atoms with van der Waals surface area (Å²) in [6.45, 7) is 2.91. The van der Waals surface area contributed by atoms with Crippen molar-refractivity contribution >= 4 is 11.8 Å². The van der Waals surface area contributed by atoms with Crippen LogP contribution in [0.2, 0.25) is 0 Å². The molecule has 0 bridgehead atoms. The van der Waals surface area contributed by atoms with Crippen LogP contribution >= 0.6 is 11.8 Å². The summed E-state index contributed by atoms with van der Waals surface area (Å²) in [6.07, 6.45) is 5.44. The van der Waals surface area contributed by atoms with Crippen LogP contribution in [-0.2, 0) is 11.8 Å². The van der Waals surface area contributed by atoms with E-state index in [0.717, 1.165) is 30.9 Å². The first-order valence-corrected chi connectivity index (χ1v) is 8.23. The number of aryl methyl sites for hydroxylation is 2.